The van der Waals surface area contributed by atoms with Crippen molar-refractivity contribution in [2.45, 2.75) is 52.4 Å². The lowest BCUT2D eigenvalue weighted by Crippen LogP contribution is -2.38. The molecule has 0 unspecified atom stereocenters. The highest BCUT2D eigenvalue weighted by molar-refractivity contribution is 4.74. The summed E-state index contributed by atoms with van der Waals surface area (Å²) in [4.78, 5) is 0. The van der Waals surface area contributed by atoms with Crippen LogP contribution in [0.1, 0.15) is 52.4 Å². The largest absolute Gasteiger partial charge is 0.396 e. The topological polar surface area (TPSA) is 52.5 Å². The lowest BCUT2D eigenvalue weighted by Gasteiger charge is -2.24. The Morgan fingerprint density at radius 2 is 1.50 bits per heavy atom. The minimum absolute atomic E-state index is 0.0347. The van der Waals surface area contributed by atoms with Gasteiger partial charge in [0.15, 0.2) is 0 Å². The van der Waals surface area contributed by atoms with E-state index in [1.807, 2.05) is 6.92 Å². The molecule has 0 aliphatic heterocycles. The molecule has 0 aliphatic rings. The highest BCUT2D eigenvalue weighted by atomic mass is 16.3. The second-order valence-corrected chi connectivity index (χ2v) is 5.07. The summed E-state index contributed by atoms with van der Waals surface area (Å²) in [7, 11) is 0. The van der Waals surface area contributed by atoms with E-state index >= 15 is 0 Å². The number of hydrogen-bond acceptors (Lipinski definition) is 3. The average molecular weight is 231 g/mol. The summed E-state index contributed by atoms with van der Waals surface area (Å²) in [5, 5.41) is 21.5. The molecule has 0 saturated carbocycles. The van der Waals surface area contributed by atoms with Gasteiger partial charge in [-0.25, -0.2) is 0 Å². The van der Waals surface area contributed by atoms with Crippen LogP contribution >= 0.6 is 0 Å². The van der Waals surface area contributed by atoms with Gasteiger partial charge in [-0.1, -0.05) is 46.0 Å². The molecule has 0 aromatic rings. The van der Waals surface area contributed by atoms with Crippen LogP contribution in [0.3, 0.4) is 0 Å². The van der Waals surface area contributed by atoms with E-state index in [9.17, 15) is 0 Å². The zero-order valence-electron chi connectivity index (χ0n) is 11.0. The molecule has 0 atom stereocenters. The van der Waals surface area contributed by atoms with Gasteiger partial charge in [0.25, 0.3) is 0 Å². The molecule has 3 heteroatoms. The fraction of sp³-hybridized carbons (Fsp3) is 1.00. The van der Waals surface area contributed by atoms with Gasteiger partial charge < -0.3 is 15.5 Å². The summed E-state index contributed by atoms with van der Waals surface area (Å²) in [5.41, 5.74) is -0.373. The maximum Gasteiger partial charge on any atom is 0.0518 e. The van der Waals surface area contributed by atoms with Crippen LogP contribution in [0.5, 0.6) is 0 Å². The van der Waals surface area contributed by atoms with Gasteiger partial charge in [-0.15, -0.1) is 0 Å². The molecule has 0 saturated heterocycles. The Balaban J connectivity index is 3.26. The molecule has 0 aromatic heterocycles. The van der Waals surface area contributed by atoms with Crippen LogP contribution in [-0.2, 0) is 0 Å². The molecule has 3 nitrogen and oxygen atoms in total. The van der Waals surface area contributed by atoms with Crippen LogP contribution in [0, 0.1) is 5.41 Å². The molecular formula is C13H29NO2. The number of rotatable bonds is 11. The first-order valence-corrected chi connectivity index (χ1v) is 6.61. The molecule has 0 aromatic carbocycles. The molecule has 3 N–H and O–H groups in total. The molecule has 98 valence electrons. The molecule has 0 fully saturated rings. The van der Waals surface area contributed by atoms with Crippen molar-refractivity contribution >= 4 is 0 Å². The number of hydrogen-bond donors (Lipinski definition) is 3. The standard InChI is InChI=1S/C13H29NO2/c1-3-4-5-6-7-8-9-14-10-13(2,11-15)12-16/h14-16H,3-12H2,1-2H3. The molecule has 0 spiro atoms. The first kappa shape index (κ1) is 15.9. The minimum atomic E-state index is -0.373. The van der Waals surface area contributed by atoms with Crippen LogP contribution in [-0.4, -0.2) is 36.5 Å². The third kappa shape index (κ3) is 8.08. The zero-order chi connectivity index (χ0) is 12.3. The van der Waals surface area contributed by atoms with Crippen molar-refractivity contribution in [2.24, 2.45) is 5.41 Å². The van der Waals surface area contributed by atoms with Gasteiger partial charge in [0, 0.05) is 12.0 Å². The molecule has 0 rings (SSSR count). The highest BCUT2D eigenvalue weighted by Crippen LogP contribution is 2.12. The van der Waals surface area contributed by atoms with Crippen molar-refractivity contribution in [3.05, 3.63) is 0 Å². The number of unbranched alkanes of at least 4 members (excludes halogenated alkanes) is 5. The summed E-state index contributed by atoms with van der Waals surface area (Å²) in [6.07, 6.45) is 7.79. The van der Waals surface area contributed by atoms with Crippen LogP contribution in [0.15, 0.2) is 0 Å². The number of nitrogens with one attached hydrogen (secondary N) is 1. The summed E-state index contributed by atoms with van der Waals surface area (Å²) in [5.74, 6) is 0. The third-order valence-corrected chi connectivity index (χ3v) is 3.02. The molecule has 0 radical (unpaired) electrons. The predicted octanol–water partition coefficient (Wildman–Crippen LogP) is 1.93. The zero-order valence-corrected chi connectivity index (χ0v) is 11.0. The molecule has 0 aliphatic carbocycles. The lowest BCUT2D eigenvalue weighted by atomic mass is 9.93. The quantitative estimate of drug-likeness (QED) is 0.476. The van der Waals surface area contributed by atoms with Crippen molar-refractivity contribution in [3.8, 4) is 0 Å². The smallest absolute Gasteiger partial charge is 0.0518 e. The first-order chi connectivity index (χ1) is 7.68. The van der Waals surface area contributed by atoms with Crippen LogP contribution < -0.4 is 5.32 Å². The molecule has 0 heterocycles. The molecular weight excluding hydrogens is 202 g/mol. The average Bonchev–Trinajstić information content (AvgIpc) is 2.32. The Hall–Kier alpha value is -0.120. The summed E-state index contributed by atoms with van der Waals surface area (Å²) in [6.45, 7) is 5.87. The Bertz CT molecular complexity index is 147. The third-order valence-electron chi connectivity index (χ3n) is 3.02. The van der Waals surface area contributed by atoms with Gasteiger partial charge in [0.05, 0.1) is 13.2 Å². The summed E-state index contributed by atoms with van der Waals surface area (Å²) in [6, 6.07) is 0. The molecule has 0 bridgehead atoms. The lowest BCUT2D eigenvalue weighted by molar-refractivity contribution is 0.0698. The second kappa shape index (κ2) is 10.1. The van der Waals surface area contributed by atoms with Crippen molar-refractivity contribution < 1.29 is 10.2 Å². The van der Waals surface area contributed by atoms with Crippen molar-refractivity contribution in [1.29, 1.82) is 0 Å². The normalized spacial score (nSPS) is 12.0. The fourth-order valence-electron chi connectivity index (χ4n) is 1.58. The molecule has 16 heavy (non-hydrogen) atoms. The summed E-state index contributed by atoms with van der Waals surface area (Å²) >= 11 is 0. The van der Waals surface area contributed by atoms with E-state index in [1.54, 1.807) is 0 Å². The van der Waals surface area contributed by atoms with E-state index in [-0.39, 0.29) is 18.6 Å². The van der Waals surface area contributed by atoms with Gasteiger partial charge >= 0.3 is 0 Å². The first-order valence-electron chi connectivity index (χ1n) is 6.61. The van der Waals surface area contributed by atoms with Crippen LogP contribution in [0.2, 0.25) is 0 Å². The van der Waals surface area contributed by atoms with E-state index in [1.165, 1.54) is 38.5 Å². The Morgan fingerprint density at radius 1 is 0.938 bits per heavy atom. The van der Waals surface area contributed by atoms with Gasteiger partial charge in [-0.2, -0.15) is 0 Å². The van der Waals surface area contributed by atoms with Gasteiger partial charge in [0.1, 0.15) is 0 Å². The van der Waals surface area contributed by atoms with E-state index < -0.39 is 0 Å². The van der Waals surface area contributed by atoms with E-state index in [0.717, 1.165) is 6.54 Å². The van der Waals surface area contributed by atoms with Crippen molar-refractivity contribution in [2.75, 3.05) is 26.3 Å². The SMILES string of the molecule is CCCCCCCCNCC(C)(CO)CO. The van der Waals surface area contributed by atoms with E-state index in [4.69, 9.17) is 10.2 Å². The highest BCUT2D eigenvalue weighted by Gasteiger charge is 2.21. The second-order valence-electron chi connectivity index (χ2n) is 5.07. The minimum Gasteiger partial charge on any atom is -0.396 e. The van der Waals surface area contributed by atoms with Crippen molar-refractivity contribution in [1.82, 2.24) is 5.32 Å². The monoisotopic (exact) mass is 231 g/mol. The number of aliphatic hydroxyl groups excluding tert-OH is 2. The van der Waals surface area contributed by atoms with Crippen LogP contribution in [0.25, 0.3) is 0 Å². The van der Waals surface area contributed by atoms with Gasteiger partial charge in [0.2, 0.25) is 0 Å². The Morgan fingerprint density at radius 3 is 2.06 bits per heavy atom. The maximum atomic E-state index is 9.09. The summed E-state index contributed by atoms with van der Waals surface area (Å²) < 4.78 is 0. The molecule has 0 amide bonds. The van der Waals surface area contributed by atoms with Crippen LogP contribution in [0.4, 0.5) is 0 Å². The van der Waals surface area contributed by atoms with Gasteiger partial charge in [-0.3, -0.25) is 0 Å². The Kier molecular flexibility index (Phi) is 9.99. The fourth-order valence-corrected chi connectivity index (χ4v) is 1.58. The van der Waals surface area contributed by atoms with Gasteiger partial charge in [-0.05, 0) is 13.0 Å². The maximum absolute atomic E-state index is 9.09. The Labute approximate surface area is 100 Å². The number of aliphatic hydroxyl groups is 2. The van der Waals surface area contributed by atoms with E-state index in [2.05, 4.69) is 12.2 Å². The van der Waals surface area contributed by atoms with Crippen molar-refractivity contribution in [3.63, 3.8) is 0 Å². The predicted molar refractivity (Wildman–Crippen MR) is 68.5 cm³/mol. The van der Waals surface area contributed by atoms with E-state index in [0.29, 0.717) is 6.54 Å².